The fourth-order valence-corrected chi connectivity index (χ4v) is 8.32. The van der Waals surface area contributed by atoms with Crippen molar-refractivity contribution >= 4 is 76.1 Å². The summed E-state index contributed by atoms with van der Waals surface area (Å²) in [6, 6.07) is 56.8. The maximum absolute atomic E-state index is 6.93. The van der Waals surface area contributed by atoms with Gasteiger partial charge in [-0.05, 0) is 86.1 Å². The van der Waals surface area contributed by atoms with Gasteiger partial charge in [0.1, 0.15) is 5.58 Å². The molecule has 0 bridgehead atoms. The first kappa shape index (κ1) is 27.3. The van der Waals surface area contributed by atoms with Gasteiger partial charge in [-0.1, -0.05) is 115 Å². The van der Waals surface area contributed by atoms with Gasteiger partial charge in [-0.15, -0.1) is 0 Å². The molecule has 0 aliphatic carbocycles. The third-order valence-corrected chi connectivity index (χ3v) is 10.4. The van der Waals surface area contributed by atoms with Crippen molar-refractivity contribution in [2.24, 2.45) is 0 Å². The van der Waals surface area contributed by atoms with Crippen LogP contribution in [0.1, 0.15) is 0 Å². The molecule has 3 nitrogen and oxygen atoms in total. The first-order valence-electron chi connectivity index (χ1n) is 17.0. The molecule has 0 amide bonds. The molecule has 11 aromatic rings. The van der Waals surface area contributed by atoms with Gasteiger partial charge in [0.05, 0.1) is 11.0 Å². The van der Waals surface area contributed by atoms with Crippen molar-refractivity contribution in [2.75, 3.05) is 0 Å². The van der Waals surface area contributed by atoms with Crippen LogP contribution in [-0.2, 0) is 0 Å². The summed E-state index contributed by atoms with van der Waals surface area (Å²) in [5.74, 6) is 0. The van der Waals surface area contributed by atoms with Crippen molar-refractivity contribution < 1.29 is 4.42 Å². The van der Waals surface area contributed by atoms with Crippen molar-refractivity contribution in [2.45, 2.75) is 0 Å². The van der Waals surface area contributed by atoms with Crippen molar-refractivity contribution in [3.8, 4) is 27.9 Å². The van der Waals surface area contributed by atoms with Crippen LogP contribution in [-0.4, -0.2) is 9.55 Å². The summed E-state index contributed by atoms with van der Waals surface area (Å²) in [6.45, 7) is 0. The van der Waals surface area contributed by atoms with Gasteiger partial charge in [-0.3, -0.25) is 4.98 Å². The average Bonchev–Trinajstić information content (AvgIpc) is 3.73. The predicted molar refractivity (Wildman–Crippen MR) is 209 cm³/mol. The highest BCUT2D eigenvalue weighted by Gasteiger charge is 2.22. The second-order valence-corrected chi connectivity index (χ2v) is 13.1. The van der Waals surface area contributed by atoms with E-state index in [1.54, 1.807) is 0 Å². The number of hydrogen-bond donors (Lipinski definition) is 0. The lowest BCUT2D eigenvalue weighted by atomic mass is 9.86. The van der Waals surface area contributed by atoms with Crippen LogP contribution in [0, 0.1) is 0 Å². The molecule has 0 atom stereocenters. The average molecular weight is 637 g/mol. The number of hydrogen-bond acceptors (Lipinski definition) is 2. The standard InChI is InChI=1S/C47H28N2O/c1-2-13-32(14-3-1)49-42-25-21-30(43-34-16-6-8-18-36(34)44(31-12-10-26-48-28-31)37-19-9-7-17-35(37)43)27-41(42)38-23-24-40-39-22-20-29-11-4-5-15-33(29)46(39)50-47(40)45(38)49/h1-28H. The number of rotatable bonds is 3. The topological polar surface area (TPSA) is 31.0 Å². The number of para-hydroxylation sites is 1. The summed E-state index contributed by atoms with van der Waals surface area (Å²) in [5.41, 5.74) is 9.94. The lowest BCUT2D eigenvalue weighted by molar-refractivity contribution is 0.675. The molecule has 0 spiro atoms. The third-order valence-electron chi connectivity index (χ3n) is 10.4. The van der Waals surface area contributed by atoms with Gasteiger partial charge in [-0.25, -0.2) is 0 Å². The minimum atomic E-state index is 0.909. The Balaban J connectivity index is 1.26. The van der Waals surface area contributed by atoms with Crippen LogP contribution in [0.2, 0.25) is 0 Å². The first-order chi connectivity index (χ1) is 24.8. The molecule has 0 radical (unpaired) electrons. The zero-order valence-corrected chi connectivity index (χ0v) is 27.0. The Bertz CT molecular complexity index is 3080. The monoisotopic (exact) mass is 636 g/mol. The quantitative estimate of drug-likeness (QED) is 0.181. The highest BCUT2D eigenvalue weighted by atomic mass is 16.3. The number of benzene rings is 8. The molecule has 0 saturated carbocycles. The summed E-state index contributed by atoms with van der Waals surface area (Å²) >= 11 is 0. The summed E-state index contributed by atoms with van der Waals surface area (Å²) in [6.07, 6.45) is 3.81. The summed E-state index contributed by atoms with van der Waals surface area (Å²) in [4.78, 5) is 4.49. The van der Waals surface area contributed by atoms with E-state index in [2.05, 4.69) is 161 Å². The van der Waals surface area contributed by atoms with E-state index in [9.17, 15) is 0 Å². The highest BCUT2D eigenvalue weighted by Crippen LogP contribution is 2.46. The molecule has 0 N–H and O–H groups in total. The van der Waals surface area contributed by atoms with Gasteiger partial charge in [0.2, 0.25) is 0 Å². The van der Waals surface area contributed by atoms with E-state index in [0.29, 0.717) is 0 Å². The lowest BCUT2D eigenvalue weighted by Crippen LogP contribution is -1.94. The lowest BCUT2D eigenvalue weighted by Gasteiger charge is -2.17. The fourth-order valence-electron chi connectivity index (χ4n) is 8.32. The van der Waals surface area contributed by atoms with Gasteiger partial charge in [0, 0.05) is 50.6 Å². The third kappa shape index (κ3) is 3.77. The van der Waals surface area contributed by atoms with Crippen molar-refractivity contribution in [1.82, 2.24) is 9.55 Å². The molecule has 232 valence electrons. The minimum Gasteiger partial charge on any atom is -0.453 e. The molecule has 0 fully saturated rings. The van der Waals surface area contributed by atoms with Crippen LogP contribution in [0.3, 0.4) is 0 Å². The second kappa shape index (κ2) is 10.4. The van der Waals surface area contributed by atoms with E-state index >= 15 is 0 Å². The van der Waals surface area contributed by atoms with Gasteiger partial charge < -0.3 is 8.98 Å². The van der Waals surface area contributed by atoms with E-state index in [0.717, 1.165) is 49.6 Å². The van der Waals surface area contributed by atoms with E-state index in [4.69, 9.17) is 4.42 Å². The highest BCUT2D eigenvalue weighted by molar-refractivity contribution is 6.26. The van der Waals surface area contributed by atoms with Gasteiger partial charge in [0.15, 0.2) is 5.58 Å². The molecule has 3 heteroatoms. The van der Waals surface area contributed by atoms with Crippen LogP contribution in [0.5, 0.6) is 0 Å². The number of fused-ring (bicyclic) bond motifs is 11. The van der Waals surface area contributed by atoms with E-state index in [1.165, 1.54) is 54.4 Å². The van der Waals surface area contributed by atoms with Gasteiger partial charge >= 0.3 is 0 Å². The first-order valence-corrected chi connectivity index (χ1v) is 17.0. The van der Waals surface area contributed by atoms with E-state index < -0.39 is 0 Å². The Kier molecular flexibility index (Phi) is 5.67. The van der Waals surface area contributed by atoms with Crippen molar-refractivity contribution in [3.05, 3.63) is 170 Å². The number of nitrogens with zero attached hydrogens (tertiary/aromatic N) is 2. The SMILES string of the molecule is c1ccc(-n2c3ccc(-c4c5ccccc5c(-c5cccnc5)c5ccccc45)cc3c3ccc4c5ccc6ccccc6c5oc4c32)cc1. The van der Waals surface area contributed by atoms with Crippen LogP contribution in [0.15, 0.2) is 175 Å². The van der Waals surface area contributed by atoms with E-state index in [1.807, 2.05) is 18.5 Å². The van der Waals surface area contributed by atoms with Crippen LogP contribution >= 0.6 is 0 Å². The number of furan rings is 1. The van der Waals surface area contributed by atoms with Crippen LogP contribution in [0.4, 0.5) is 0 Å². The smallest absolute Gasteiger partial charge is 0.160 e. The predicted octanol–water partition coefficient (Wildman–Crippen LogP) is 12.9. The molecule has 3 aromatic heterocycles. The molecule has 50 heavy (non-hydrogen) atoms. The Morgan fingerprint density at radius 2 is 1.04 bits per heavy atom. The Hall–Kier alpha value is -6.71. The Morgan fingerprint density at radius 1 is 0.420 bits per heavy atom. The Labute approximate surface area is 287 Å². The zero-order valence-electron chi connectivity index (χ0n) is 27.0. The van der Waals surface area contributed by atoms with E-state index in [-0.39, 0.29) is 0 Å². The molecule has 8 aromatic carbocycles. The molecular weight excluding hydrogens is 609 g/mol. The zero-order chi connectivity index (χ0) is 32.8. The molecule has 3 heterocycles. The minimum absolute atomic E-state index is 0.909. The normalized spacial score (nSPS) is 12.0. The number of pyridine rings is 1. The summed E-state index contributed by atoms with van der Waals surface area (Å²) < 4.78 is 9.31. The number of aromatic nitrogens is 2. The maximum Gasteiger partial charge on any atom is 0.160 e. The van der Waals surface area contributed by atoms with Crippen molar-refractivity contribution in [3.63, 3.8) is 0 Å². The van der Waals surface area contributed by atoms with Crippen LogP contribution in [0.25, 0.3) is 104 Å². The largest absolute Gasteiger partial charge is 0.453 e. The van der Waals surface area contributed by atoms with Gasteiger partial charge in [-0.2, -0.15) is 0 Å². The molecule has 0 saturated heterocycles. The summed E-state index contributed by atoms with van der Waals surface area (Å²) in [7, 11) is 0. The van der Waals surface area contributed by atoms with Gasteiger partial charge in [0.25, 0.3) is 0 Å². The molecule has 11 rings (SSSR count). The molecule has 0 unspecified atom stereocenters. The summed E-state index contributed by atoms with van der Waals surface area (Å²) in [5, 5.41) is 11.8. The Morgan fingerprint density at radius 3 is 1.76 bits per heavy atom. The molecule has 0 aliphatic heterocycles. The fraction of sp³-hybridized carbons (Fsp3) is 0. The van der Waals surface area contributed by atoms with Crippen LogP contribution < -0.4 is 0 Å². The maximum atomic E-state index is 6.93. The van der Waals surface area contributed by atoms with Crippen molar-refractivity contribution in [1.29, 1.82) is 0 Å². The molecular formula is C47H28N2O. The molecule has 0 aliphatic rings. The second-order valence-electron chi connectivity index (χ2n) is 13.1.